The van der Waals surface area contributed by atoms with Crippen molar-refractivity contribution in [3.05, 3.63) is 0 Å². The fourth-order valence-electron chi connectivity index (χ4n) is 3.63. The molecule has 2 aliphatic rings. The Morgan fingerprint density at radius 3 is 2.67 bits per heavy atom. The molecule has 0 saturated heterocycles. The van der Waals surface area contributed by atoms with E-state index < -0.39 is 0 Å². The summed E-state index contributed by atoms with van der Waals surface area (Å²) in [6.45, 7) is 5.16. The maximum atomic E-state index is 12.2. The molecule has 0 heterocycles. The van der Waals surface area contributed by atoms with Crippen molar-refractivity contribution in [1.82, 2.24) is 5.32 Å². The zero-order valence-electron chi connectivity index (χ0n) is 11.7. The van der Waals surface area contributed by atoms with Crippen LogP contribution in [0.4, 0.5) is 0 Å². The van der Waals surface area contributed by atoms with Crippen molar-refractivity contribution < 1.29 is 9.90 Å². The van der Waals surface area contributed by atoms with Gasteiger partial charge in [0.25, 0.3) is 0 Å². The van der Waals surface area contributed by atoms with Crippen LogP contribution in [0.1, 0.15) is 58.8 Å². The van der Waals surface area contributed by atoms with E-state index in [0.29, 0.717) is 5.92 Å². The zero-order chi connectivity index (χ0) is 13.2. The quantitative estimate of drug-likeness (QED) is 0.812. The smallest absolute Gasteiger partial charge is 0.223 e. The van der Waals surface area contributed by atoms with Crippen molar-refractivity contribution in [2.75, 3.05) is 6.54 Å². The molecule has 0 bridgehead atoms. The third-order valence-electron chi connectivity index (χ3n) is 4.89. The van der Waals surface area contributed by atoms with Gasteiger partial charge in [-0.3, -0.25) is 4.79 Å². The van der Waals surface area contributed by atoms with Crippen molar-refractivity contribution in [1.29, 1.82) is 0 Å². The maximum absolute atomic E-state index is 12.2. The van der Waals surface area contributed by atoms with Gasteiger partial charge in [0, 0.05) is 12.5 Å². The van der Waals surface area contributed by atoms with Crippen molar-refractivity contribution in [2.24, 2.45) is 17.3 Å². The Bertz CT molecular complexity index is 301. The minimum absolute atomic E-state index is 0.149. The van der Waals surface area contributed by atoms with Gasteiger partial charge in [-0.15, -0.1) is 0 Å². The van der Waals surface area contributed by atoms with Gasteiger partial charge in [-0.1, -0.05) is 26.7 Å². The van der Waals surface area contributed by atoms with E-state index in [0.717, 1.165) is 45.1 Å². The highest BCUT2D eigenvalue weighted by molar-refractivity contribution is 5.79. The van der Waals surface area contributed by atoms with Crippen LogP contribution in [0.3, 0.4) is 0 Å². The standard InChI is InChI=1S/C15H27NO2/c1-15(2)8-4-7-13(15)14(18)16-10-11-5-3-6-12(17)9-11/h11-13,17H,3-10H2,1-2H3,(H,16,18). The molecule has 104 valence electrons. The number of aliphatic hydroxyl groups excluding tert-OH is 1. The molecule has 2 fully saturated rings. The van der Waals surface area contributed by atoms with Gasteiger partial charge in [0.2, 0.25) is 5.91 Å². The van der Waals surface area contributed by atoms with Gasteiger partial charge in [-0.2, -0.15) is 0 Å². The van der Waals surface area contributed by atoms with Crippen LogP contribution in [0, 0.1) is 17.3 Å². The van der Waals surface area contributed by atoms with E-state index in [4.69, 9.17) is 0 Å². The van der Waals surface area contributed by atoms with E-state index in [1.807, 2.05) is 0 Å². The predicted octanol–water partition coefficient (Wildman–Crippen LogP) is 2.48. The second-order valence-corrected chi connectivity index (χ2v) is 6.87. The molecule has 3 unspecified atom stereocenters. The van der Waals surface area contributed by atoms with Crippen LogP contribution < -0.4 is 5.32 Å². The largest absolute Gasteiger partial charge is 0.393 e. The first-order valence-electron chi connectivity index (χ1n) is 7.45. The topological polar surface area (TPSA) is 49.3 Å². The maximum Gasteiger partial charge on any atom is 0.223 e. The molecule has 3 nitrogen and oxygen atoms in total. The fourth-order valence-corrected chi connectivity index (χ4v) is 3.63. The SMILES string of the molecule is CC1(C)CCCC1C(=O)NCC1CCCC(O)C1. The van der Waals surface area contributed by atoms with Crippen LogP contribution in [-0.4, -0.2) is 23.7 Å². The lowest BCUT2D eigenvalue weighted by molar-refractivity contribution is -0.127. The van der Waals surface area contributed by atoms with Gasteiger partial charge in [0.05, 0.1) is 6.10 Å². The van der Waals surface area contributed by atoms with Gasteiger partial charge in [-0.25, -0.2) is 0 Å². The summed E-state index contributed by atoms with van der Waals surface area (Å²) in [5, 5.41) is 12.7. The van der Waals surface area contributed by atoms with Crippen LogP contribution in [0.2, 0.25) is 0 Å². The number of carbonyl (C=O) groups excluding carboxylic acids is 1. The highest BCUT2D eigenvalue weighted by atomic mass is 16.3. The minimum Gasteiger partial charge on any atom is -0.393 e. The van der Waals surface area contributed by atoms with Gasteiger partial charge >= 0.3 is 0 Å². The summed E-state index contributed by atoms with van der Waals surface area (Å²) in [6.07, 6.45) is 7.24. The molecular weight excluding hydrogens is 226 g/mol. The monoisotopic (exact) mass is 253 g/mol. The summed E-state index contributed by atoms with van der Waals surface area (Å²) in [5.41, 5.74) is 0.163. The highest BCUT2D eigenvalue weighted by Crippen LogP contribution is 2.42. The molecule has 2 saturated carbocycles. The van der Waals surface area contributed by atoms with E-state index in [2.05, 4.69) is 19.2 Å². The second kappa shape index (κ2) is 5.60. The molecule has 0 radical (unpaired) electrons. The van der Waals surface area contributed by atoms with Crippen molar-refractivity contribution in [2.45, 2.75) is 64.9 Å². The predicted molar refractivity (Wildman–Crippen MR) is 72.1 cm³/mol. The Labute approximate surface area is 110 Å². The molecule has 2 aliphatic carbocycles. The first kappa shape index (κ1) is 13.9. The van der Waals surface area contributed by atoms with Gasteiger partial charge in [0.1, 0.15) is 0 Å². The van der Waals surface area contributed by atoms with Gasteiger partial charge in [-0.05, 0) is 43.4 Å². The number of hydrogen-bond donors (Lipinski definition) is 2. The van der Waals surface area contributed by atoms with Crippen LogP contribution in [0.5, 0.6) is 0 Å². The number of carbonyl (C=O) groups is 1. The normalized spacial score (nSPS) is 35.4. The van der Waals surface area contributed by atoms with E-state index in [1.165, 1.54) is 6.42 Å². The Kier molecular flexibility index (Phi) is 4.31. The fraction of sp³-hybridized carbons (Fsp3) is 0.933. The molecule has 0 spiro atoms. The van der Waals surface area contributed by atoms with Crippen LogP contribution in [-0.2, 0) is 4.79 Å². The molecule has 18 heavy (non-hydrogen) atoms. The zero-order valence-corrected chi connectivity index (χ0v) is 11.7. The Morgan fingerprint density at radius 1 is 1.28 bits per heavy atom. The van der Waals surface area contributed by atoms with E-state index in [1.54, 1.807) is 0 Å². The minimum atomic E-state index is -0.149. The summed E-state index contributed by atoms with van der Waals surface area (Å²) >= 11 is 0. The van der Waals surface area contributed by atoms with Crippen LogP contribution >= 0.6 is 0 Å². The van der Waals surface area contributed by atoms with Crippen molar-refractivity contribution in [3.8, 4) is 0 Å². The van der Waals surface area contributed by atoms with Gasteiger partial charge in [0.15, 0.2) is 0 Å². The van der Waals surface area contributed by atoms with Crippen molar-refractivity contribution in [3.63, 3.8) is 0 Å². The lowest BCUT2D eigenvalue weighted by atomic mass is 9.81. The number of hydrogen-bond acceptors (Lipinski definition) is 2. The number of amides is 1. The Morgan fingerprint density at radius 2 is 2.06 bits per heavy atom. The van der Waals surface area contributed by atoms with E-state index in [-0.39, 0.29) is 23.3 Å². The number of rotatable bonds is 3. The molecule has 0 aromatic carbocycles. The summed E-state index contributed by atoms with van der Waals surface area (Å²) in [4.78, 5) is 12.2. The molecule has 3 heteroatoms. The third kappa shape index (κ3) is 3.25. The molecule has 3 atom stereocenters. The summed E-state index contributed by atoms with van der Waals surface area (Å²) in [5.74, 6) is 0.894. The Balaban J connectivity index is 1.78. The Hall–Kier alpha value is -0.570. The lowest BCUT2D eigenvalue weighted by Gasteiger charge is -2.29. The van der Waals surface area contributed by atoms with E-state index >= 15 is 0 Å². The second-order valence-electron chi connectivity index (χ2n) is 6.87. The average Bonchev–Trinajstić information content (AvgIpc) is 2.66. The third-order valence-corrected chi connectivity index (χ3v) is 4.89. The highest BCUT2D eigenvalue weighted by Gasteiger charge is 2.39. The van der Waals surface area contributed by atoms with Crippen molar-refractivity contribution >= 4 is 5.91 Å². The molecule has 0 aromatic heterocycles. The molecule has 0 aliphatic heterocycles. The first-order chi connectivity index (χ1) is 8.49. The summed E-state index contributed by atoms with van der Waals surface area (Å²) in [7, 11) is 0. The molecule has 1 amide bonds. The number of aliphatic hydroxyl groups is 1. The number of nitrogens with one attached hydrogen (secondary N) is 1. The lowest BCUT2D eigenvalue weighted by Crippen LogP contribution is -2.39. The van der Waals surface area contributed by atoms with Crippen LogP contribution in [0.15, 0.2) is 0 Å². The molecule has 2 rings (SSSR count). The molecule has 0 aromatic rings. The summed E-state index contributed by atoms with van der Waals surface area (Å²) in [6, 6.07) is 0. The first-order valence-corrected chi connectivity index (χ1v) is 7.45. The average molecular weight is 253 g/mol. The summed E-state index contributed by atoms with van der Waals surface area (Å²) < 4.78 is 0. The van der Waals surface area contributed by atoms with Crippen LogP contribution in [0.25, 0.3) is 0 Å². The molecule has 2 N–H and O–H groups in total. The van der Waals surface area contributed by atoms with Gasteiger partial charge < -0.3 is 10.4 Å². The van der Waals surface area contributed by atoms with E-state index in [9.17, 15) is 9.90 Å². The molecular formula is C15H27NO2.